The number of carbonyl (C=O) groups excluding carboxylic acids is 2. The molecular weight excluding hydrogens is 564 g/mol. The van der Waals surface area contributed by atoms with Crippen molar-refractivity contribution in [2.24, 2.45) is 10.8 Å². The molecule has 0 aliphatic heterocycles. The molecule has 0 bridgehead atoms. The van der Waals surface area contributed by atoms with E-state index in [0.717, 1.165) is 13.4 Å². The van der Waals surface area contributed by atoms with E-state index in [9.17, 15) is 9.59 Å². The molecule has 0 saturated heterocycles. The van der Waals surface area contributed by atoms with Crippen LogP contribution in [0.1, 0.15) is 16.1 Å². The lowest BCUT2D eigenvalue weighted by atomic mass is 10.2. The van der Waals surface area contributed by atoms with E-state index in [1.807, 2.05) is 12.1 Å². The Bertz CT molecular complexity index is 1100. The number of benzene rings is 2. The van der Waals surface area contributed by atoms with Gasteiger partial charge in [-0.3, -0.25) is 9.59 Å². The van der Waals surface area contributed by atoms with Gasteiger partial charge in [0.1, 0.15) is 11.3 Å². The minimum absolute atomic E-state index is 0.149. The number of hydrogen-bond donors (Lipinski definition) is 2. The van der Waals surface area contributed by atoms with Crippen molar-refractivity contribution in [2.45, 2.75) is 0 Å². The maximum absolute atomic E-state index is 12.2. The fraction of sp³-hybridized carbons (Fsp3) is 0.0556. The molecule has 0 aliphatic carbocycles. The van der Waals surface area contributed by atoms with Crippen molar-refractivity contribution in [1.82, 2.24) is 5.43 Å². The maximum atomic E-state index is 12.2. The van der Waals surface area contributed by atoms with Crippen molar-refractivity contribution in [1.29, 1.82) is 0 Å². The molecule has 0 radical (unpaired) electrons. The lowest BCUT2D eigenvalue weighted by molar-refractivity contribution is -0.119. The van der Waals surface area contributed by atoms with E-state index in [-0.39, 0.29) is 17.4 Å². The first-order chi connectivity index (χ1) is 13.3. The Hall–Kier alpha value is -2.11. The van der Waals surface area contributed by atoms with Crippen LogP contribution in [0.3, 0.4) is 0 Å². The monoisotopic (exact) mass is 575 g/mol. The highest BCUT2D eigenvalue weighted by atomic mass is 127. The number of ether oxygens (including phenoxy) is 1. The van der Waals surface area contributed by atoms with Crippen molar-refractivity contribution in [3.8, 4) is 5.75 Å². The van der Waals surface area contributed by atoms with Crippen molar-refractivity contribution in [3.05, 3.63) is 60.8 Å². The normalized spacial score (nSPS) is 11.1. The molecule has 1 heterocycles. The van der Waals surface area contributed by atoms with Crippen LogP contribution in [-0.4, -0.2) is 24.6 Å². The molecule has 10 heteroatoms. The number of furan rings is 1. The number of primary amides is 1. The average Bonchev–Trinajstić information content (AvgIpc) is 3.05. The largest absolute Gasteiger partial charge is 0.482 e. The molecule has 3 N–H and O–H groups in total. The smallest absolute Gasteiger partial charge is 0.307 e. The molecule has 0 spiro atoms. The summed E-state index contributed by atoms with van der Waals surface area (Å²) in [5.74, 6) is -0.606. The van der Waals surface area contributed by atoms with Gasteiger partial charge in [-0.2, -0.15) is 5.10 Å². The fourth-order valence-corrected chi connectivity index (χ4v) is 4.18. The van der Waals surface area contributed by atoms with Gasteiger partial charge in [0.05, 0.1) is 14.8 Å². The van der Waals surface area contributed by atoms with E-state index >= 15 is 0 Å². The zero-order valence-corrected chi connectivity index (χ0v) is 18.5. The van der Waals surface area contributed by atoms with Crippen molar-refractivity contribution < 1.29 is 18.7 Å². The highest BCUT2D eigenvalue weighted by Gasteiger charge is 2.14. The third kappa shape index (κ3) is 5.03. The summed E-state index contributed by atoms with van der Waals surface area (Å²) in [6, 6.07) is 10.2. The number of nitrogens with two attached hydrogens (primary N) is 1. The summed E-state index contributed by atoms with van der Waals surface area (Å²) in [6.07, 6.45) is 1.42. The summed E-state index contributed by atoms with van der Waals surface area (Å²) in [7, 11) is 0. The molecule has 0 aliphatic rings. The van der Waals surface area contributed by atoms with Gasteiger partial charge < -0.3 is 14.9 Å². The molecule has 144 valence electrons. The molecule has 3 aromatic rings. The first-order valence-corrected chi connectivity index (χ1v) is 10.0. The Balaban J connectivity index is 1.67. The second-order valence-electron chi connectivity index (χ2n) is 5.56. The molecule has 28 heavy (non-hydrogen) atoms. The van der Waals surface area contributed by atoms with E-state index < -0.39 is 11.8 Å². The van der Waals surface area contributed by atoms with Gasteiger partial charge in [0, 0.05) is 9.86 Å². The Morgan fingerprint density at radius 3 is 2.82 bits per heavy atom. The molecular formula is C18H12BrClIN3O4. The van der Waals surface area contributed by atoms with Gasteiger partial charge in [-0.15, -0.1) is 0 Å². The summed E-state index contributed by atoms with van der Waals surface area (Å²) in [5.41, 5.74) is 8.69. The van der Waals surface area contributed by atoms with Crippen LogP contribution in [0.4, 0.5) is 0 Å². The molecule has 7 nitrogen and oxygen atoms in total. The number of rotatable bonds is 6. The number of halogens is 3. The van der Waals surface area contributed by atoms with Gasteiger partial charge >= 0.3 is 5.91 Å². The Kier molecular flexibility index (Phi) is 6.57. The van der Waals surface area contributed by atoms with Gasteiger partial charge in [0.15, 0.2) is 12.4 Å². The predicted molar refractivity (Wildman–Crippen MR) is 118 cm³/mol. The number of hydrazone groups is 1. The molecule has 0 unspecified atom stereocenters. The first kappa shape index (κ1) is 20.6. The van der Waals surface area contributed by atoms with E-state index in [4.69, 9.17) is 26.5 Å². The van der Waals surface area contributed by atoms with E-state index in [1.54, 1.807) is 24.3 Å². The zero-order chi connectivity index (χ0) is 20.3. The molecule has 0 fully saturated rings. The molecule has 1 aromatic heterocycles. The van der Waals surface area contributed by atoms with Crippen LogP contribution in [0.15, 0.2) is 50.4 Å². The van der Waals surface area contributed by atoms with Crippen LogP contribution in [0.25, 0.3) is 11.0 Å². The summed E-state index contributed by atoms with van der Waals surface area (Å²) < 4.78 is 12.6. The number of amides is 2. The van der Waals surface area contributed by atoms with Crippen molar-refractivity contribution >= 4 is 79.1 Å². The summed E-state index contributed by atoms with van der Waals surface area (Å²) in [6.45, 7) is -0.268. The lowest BCUT2D eigenvalue weighted by Gasteiger charge is -2.06. The number of nitrogens with one attached hydrogen (secondary N) is 1. The van der Waals surface area contributed by atoms with Gasteiger partial charge in [-0.25, -0.2) is 5.43 Å². The average molecular weight is 577 g/mol. The predicted octanol–water partition coefficient (Wildman–Crippen LogP) is 4.08. The second-order valence-corrected chi connectivity index (χ2v) is 8.05. The molecule has 0 atom stereocenters. The van der Waals surface area contributed by atoms with Gasteiger partial charge in [-0.05, 0) is 64.6 Å². The van der Waals surface area contributed by atoms with Gasteiger partial charge in [0.2, 0.25) is 0 Å². The molecule has 2 amide bonds. The Morgan fingerprint density at radius 2 is 2.11 bits per heavy atom. The fourth-order valence-electron chi connectivity index (χ4n) is 2.27. The quantitative estimate of drug-likeness (QED) is 0.262. The van der Waals surface area contributed by atoms with Crippen molar-refractivity contribution in [3.63, 3.8) is 0 Å². The van der Waals surface area contributed by atoms with Crippen LogP contribution < -0.4 is 15.9 Å². The SMILES string of the molecule is NC(=O)COc1ccc(C=NNC(=O)c2cc3cc(Br)cc(I)c3o2)cc1Cl. The van der Waals surface area contributed by atoms with Gasteiger partial charge in [0.25, 0.3) is 5.91 Å². The number of carbonyl (C=O) groups is 2. The molecule has 2 aromatic carbocycles. The van der Waals surface area contributed by atoms with Crippen LogP contribution in [0.5, 0.6) is 5.75 Å². The summed E-state index contributed by atoms with van der Waals surface area (Å²) in [5, 5.41) is 5.00. The zero-order valence-electron chi connectivity index (χ0n) is 14.0. The van der Waals surface area contributed by atoms with Crippen LogP contribution in [0.2, 0.25) is 5.02 Å². The van der Waals surface area contributed by atoms with Crippen molar-refractivity contribution in [2.75, 3.05) is 6.61 Å². The van der Waals surface area contributed by atoms with Crippen LogP contribution in [0, 0.1) is 3.57 Å². The molecule has 3 rings (SSSR count). The summed E-state index contributed by atoms with van der Waals surface area (Å²) >= 11 is 11.6. The standard InChI is InChI=1S/C18H12BrClIN3O4/c19-11-4-10-5-15(28-17(10)13(21)6-11)18(26)24-23-7-9-1-2-14(12(20)3-9)27-8-16(22)25/h1-7H,8H2,(H2,22,25)(H,24,26). The molecule has 0 saturated carbocycles. The minimum atomic E-state index is -0.600. The number of hydrogen-bond acceptors (Lipinski definition) is 5. The van der Waals surface area contributed by atoms with E-state index in [0.29, 0.717) is 16.9 Å². The summed E-state index contributed by atoms with van der Waals surface area (Å²) in [4.78, 5) is 23.0. The highest BCUT2D eigenvalue weighted by Crippen LogP contribution is 2.28. The van der Waals surface area contributed by atoms with Gasteiger partial charge in [-0.1, -0.05) is 27.5 Å². The number of fused-ring (bicyclic) bond motifs is 1. The van der Waals surface area contributed by atoms with Crippen LogP contribution in [-0.2, 0) is 4.79 Å². The van der Waals surface area contributed by atoms with Crippen LogP contribution >= 0.6 is 50.1 Å². The second kappa shape index (κ2) is 8.93. The maximum Gasteiger partial charge on any atom is 0.307 e. The highest BCUT2D eigenvalue weighted by molar-refractivity contribution is 14.1. The number of nitrogens with zero attached hydrogens (tertiary/aromatic N) is 1. The first-order valence-electron chi connectivity index (χ1n) is 7.76. The topological polar surface area (TPSA) is 107 Å². The Labute approximate surface area is 186 Å². The van der Waals surface area contributed by atoms with E-state index in [1.165, 1.54) is 6.21 Å². The van der Waals surface area contributed by atoms with E-state index in [2.05, 4.69) is 49.0 Å². The third-order valence-electron chi connectivity index (χ3n) is 3.47. The lowest BCUT2D eigenvalue weighted by Crippen LogP contribution is -2.20. The minimum Gasteiger partial charge on any atom is -0.482 e. The Morgan fingerprint density at radius 1 is 1.32 bits per heavy atom. The third-order valence-corrected chi connectivity index (χ3v) is 5.02.